The number of aliphatic hydroxyl groups excluding tert-OH is 2. The van der Waals surface area contributed by atoms with Crippen molar-refractivity contribution in [3.8, 4) is 0 Å². The van der Waals surface area contributed by atoms with Crippen molar-refractivity contribution < 1.29 is 14.9 Å². The van der Waals surface area contributed by atoms with Gasteiger partial charge in [-0.25, -0.2) is 4.79 Å². The SMILES string of the molecule is Cc1cn(C2C[C@H](O)[C@H](CO)O2)c(=O)[nH]c1=O. The summed E-state index contributed by atoms with van der Waals surface area (Å²) in [5, 5.41) is 18.5. The average Bonchev–Trinajstić information content (AvgIpc) is 2.65. The minimum Gasteiger partial charge on any atom is -0.394 e. The largest absolute Gasteiger partial charge is 0.394 e. The van der Waals surface area contributed by atoms with Crippen molar-refractivity contribution in [1.82, 2.24) is 9.55 Å². The van der Waals surface area contributed by atoms with Crippen molar-refractivity contribution in [3.63, 3.8) is 0 Å². The van der Waals surface area contributed by atoms with E-state index < -0.39 is 29.7 Å². The van der Waals surface area contributed by atoms with E-state index in [2.05, 4.69) is 4.98 Å². The molecule has 1 aliphatic rings. The molecule has 2 heterocycles. The molecule has 1 fully saturated rings. The first-order valence-corrected chi connectivity index (χ1v) is 5.29. The lowest BCUT2D eigenvalue weighted by molar-refractivity contribution is -0.0459. The van der Waals surface area contributed by atoms with Crippen LogP contribution in [0.4, 0.5) is 0 Å². The highest BCUT2D eigenvalue weighted by molar-refractivity contribution is 5.02. The lowest BCUT2D eigenvalue weighted by Gasteiger charge is -2.14. The van der Waals surface area contributed by atoms with E-state index in [4.69, 9.17) is 9.84 Å². The Morgan fingerprint density at radius 3 is 2.88 bits per heavy atom. The molecular weight excluding hydrogens is 228 g/mol. The Morgan fingerprint density at radius 1 is 1.59 bits per heavy atom. The summed E-state index contributed by atoms with van der Waals surface area (Å²) in [5.41, 5.74) is -0.643. The minimum atomic E-state index is -0.816. The smallest absolute Gasteiger partial charge is 0.330 e. The molecule has 94 valence electrons. The van der Waals surface area contributed by atoms with Gasteiger partial charge in [-0.3, -0.25) is 14.3 Å². The van der Waals surface area contributed by atoms with Crippen molar-refractivity contribution in [2.45, 2.75) is 31.8 Å². The first-order chi connectivity index (χ1) is 8.02. The number of ether oxygens (including phenoxy) is 1. The Hall–Kier alpha value is -1.44. The predicted molar refractivity (Wildman–Crippen MR) is 57.7 cm³/mol. The molecule has 1 aliphatic heterocycles. The second-order valence-corrected chi connectivity index (χ2v) is 4.09. The van der Waals surface area contributed by atoms with Crippen LogP contribution in [0.25, 0.3) is 0 Å². The molecule has 7 heteroatoms. The molecule has 2 rings (SSSR count). The minimum absolute atomic E-state index is 0.205. The maximum Gasteiger partial charge on any atom is 0.330 e. The van der Waals surface area contributed by atoms with Crippen molar-refractivity contribution in [3.05, 3.63) is 32.6 Å². The van der Waals surface area contributed by atoms with E-state index in [-0.39, 0.29) is 13.0 Å². The van der Waals surface area contributed by atoms with Crippen molar-refractivity contribution in [2.24, 2.45) is 0 Å². The van der Waals surface area contributed by atoms with Crippen LogP contribution in [0.5, 0.6) is 0 Å². The zero-order valence-electron chi connectivity index (χ0n) is 9.29. The van der Waals surface area contributed by atoms with Crippen LogP contribution in [0, 0.1) is 6.92 Å². The van der Waals surface area contributed by atoms with Gasteiger partial charge in [0.15, 0.2) is 0 Å². The van der Waals surface area contributed by atoms with Crippen LogP contribution in [0.1, 0.15) is 18.2 Å². The van der Waals surface area contributed by atoms with Gasteiger partial charge in [0.2, 0.25) is 0 Å². The van der Waals surface area contributed by atoms with E-state index in [0.717, 1.165) is 0 Å². The van der Waals surface area contributed by atoms with Gasteiger partial charge in [0.25, 0.3) is 5.56 Å². The molecule has 0 saturated carbocycles. The van der Waals surface area contributed by atoms with Crippen LogP contribution in [-0.4, -0.2) is 38.6 Å². The molecule has 7 nitrogen and oxygen atoms in total. The van der Waals surface area contributed by atoms with Gasteiger partial charge >= 0.3 is 5.69 Å². The molecule has 1 saturated heterocycles. The van der Waals surface area contributed by atoms with Crippen LogP contribution >= 0.6 is 0 Å². The van der Waals surface area contributed by atoms with Crippen LogP contribution in [0.2, 0.25) is 0 Å². The zero-order chi connectivity index (χ0) is 12.6. The maximum absolute atomic E-state index is 11.6. The fraction of sp³-hybridized carbons (Fsp3) is 0.600. The third-order valence-electron chi connectivity index (χ3n) is 2.84. The third-order valence-corrected chi connectivity index (χ3v) is 2.84. The van der Waals surface area contributed by atoms with E-state index in [1.165, 1.54) is 10.8 Å². The molecule has 17 heavy (non-hydrogen) atoms. The summed E-state index contributed by atoms with van der Waals surface area (Å²) in [7, 11) is 0. The third kappa shape index (κ3) is 2.17. The van der Waals surface area contributed by atoms with Gasteiger partial charge in [0.1, 0.15) is 12.3 Å². The molecule has 0 radical (unpaired) electrons. The average molecular weight is 242 g/mol. The quantitative estimate of drug-likeness (QED) is 0.584. The fourth-order valence-electron chi connectivity index (χ4n) is 1.85. The number of aromatic nitrogens is 2. The van der Waals surface area contributed by atoms with Gasteiger partial charge in [0.05, 0.1) is 12.7 Å². The number of aliphatic hydroxyl groups is 2. The highest BCUT2D eigenvalue weighted by atomic mass is 16.5. The van der Waals surface area contributed by atoms with E-state index >= 15 is 0 Å². The predicted octanol–water partition coefficient (Wildman–Crippen LogP) is -1.51. The number of aryl methyl sites for hydroxylation is 1. The Labute approximate surface area is 96.3 Å². The van der Waals surface area contributed by atoms with Gasteiger partial charge < -0.3 is 14.9 Å². The number of nitrogens with one attached hydrogen (secondary N) is 1. The molecule has 0 spiro atoms. The number of hydrogen-bond donors (Lipinski definition) is 3. The lowest BCUT2D eigenvalue weighted by atomic mass is 10.2. The van der Waals surface area contributed by atoms with Crippen molar-refractivity contribution in [1.29, 1.82) is 0 Å². The van der Waals surface area contributed by atoms with Crippen LogP contribution in [0.3, 0.4) is 0 Å². The highest BCUT2D eigenvalue weighted by Crippen LogP contribution is 2.27. The number of aromatic amines is 1. The van der Waals surface area contributed by atoms with Crippen molar-refractivity contribution >= 4 is 0 Å². The van der Waals surface area contributed by atoms with Gasteiger partial charge in [-0.2, -0.15) is 0 Å². The number of H-pyrrole nitrogens is 1. The Bertz CT molecular complexity index is 520. The summed E-state index contributed by atoms with van der Waals surface area (Å²) >= 11 is 0. The Kier molecular flexibility index (Phi) is 3.14. The Morgan fingerprint density at radius 2 is 2.29 bits per heavy atom. The number of hydrogen-bond acceptors (Lipinski definition) is 5. The molecule has 3 N–H and O–H groups in total. The molecule has 0 bridgehead atoms. The molecule has 1 aromatic rings. The first-order valence-electron chi connectivity index (χ1n) is 5.29. The summed E-state index contributed by atoms with van der Waals surface area (Å²) in [6.45, 7) is 1.26. The Balaban J connectivity index is 2.34. The second-order valence-electron chi connectivity index (χ2n) is 4.09. The molecule has 1 unspecified atom stereocenters. The lowest BCUT2D eigenvalue weighted by Crippen LogP contribution is -2.33. The van der Waals surface area contributed by atoms with E-state index in [9.17, 15) is 14.7 Å². The molecule has 0 aromatic carbocycles. The number of nitrogens with zero attached hydrogens (tertiary/aromatic N) is 1. The zero-order valence-corrected chi connectivity index (χ0v) is 9.29. The standard InChI is InChI=1S/C10H14N2O5/c1-5-3-12(10(16)11-9(5)15)8-2-6(14)7(4-13)17-8/h3,6-8,13-14H,2,4H2,1H3,(H,11,15,16)/t6-,7-,8?/m0/s1. The summed E-state index contributed by atoms with van der Waals surface area (Å²) in [5.74, 6) is 0. The van der Waals surface area contributed by atoms with Gasteiger partial charge in [-0.05, 0) is 6.92 Å². The summed E-state index contributed by atoms with van der Waals surface area (Å²) in [4.78, 5) is 24.9. The van der Waals surface area contributed by atoms with Crippen LogP contribution < -0.4 is 11.2 Å². The highest BCUT2D eigenvalue weighted by Gasteiger charge is 2.34. The van der Waals surface area contributed by atoms with E-state index in [1.54, 1.807) is 6.92 Å². The topological polar surface area (TPSA) is 105 Å². The van der Waals surface area contributed by atoms with Gasteiger partial charge in [-0.1, -0.05) is 0 Å². The first kappa shape index (κ1) is 12.0. The monoisotopic (exact) mass is 242 g/mol. The molecular formula is C10H14N2O5. The molecule has 1 aromatic heterocycles. The van der Waals surface area contributed by atoms with Crippen molar-refractivity contribution in [2.75, 3.05) is 6.61 Å². The van der Waals surface area contributed by atoms with Crippen LogP contribution in [-0.2, 0) is 4.74 Å². The normalized spacial score (nSPS) is 28.5. The fourth-order valence-corrected chi connectivity index (χ4v) is 1.85. The van der Waals surface area contributed by atoms with Crippen LogP contribution in [0.15, 0.2) is 15.8 Å². The molecule has 3 atom stereocenters. The summed E-state index contributed by atoms with van der Waals surface area (Å²) in [6, 6.07) is 0. The van der Waals surface area contributed by atoms with Gasteiger partial charge in [-0.15, -0.1) is 0 Å². The van der Waals surface area contributed by atoms with Gasteiger partial charge in [0, 0.05) is 18.2 Å². The summed E-state index contributed by atoms with van der Waals surface area (Å²) in [6.07, 6.45) is -0.581. The summed E-state index contributed by atoms with van der Waals surface area (Å²) < 4.78 is 6.54. The van der Waals surface area contributed by atoms with E-state index in [1.807, 2.05) is 0 Å². The second kappa shape index (κ2) is 4.44. The van der Waals surface area contributed by atoms with E-state index in [0.29, 0.717) is 5.56 Å². The number of rotatable bonds is 2. The maximum atomic E-state index is 11.6. The molecule has 0 amide bonds. The molecule has 0 aliphatic carbocycles.